The Morgan fingerprint density at radius 2 is 0.818 bits per heavy atom. The predicted octanol–water partition coefficient (Wildman–Crippen LogP) is 6.63. The van der Waals surface area contributed by atoms with Gasteiger partial charge < -0.3 is 10.6 Å². The van der Waals surface area contributed by atoms with E-state index in [9.17, 15) is 0 Å². The van der Waals surface area contributed by atoms with Gasteiger partial charge in [0.1, 0.15) is 0 Å². The fourth-order valence-electron chi connectivity index (χ4n) is 6.01. The summed E-state index contributed by atoms with van der Waals surface area (Å²) in [6, 6.07) is 40.4. The van der Waals surface area contributed by atoms with E-state index in [1.54, 1.807) is 0 Å². The molecule has 0 saturated carbocycles. The Kier molecular flexibility index (Phi) is 5.55. The molecule has 2 N–H and O–H groups in total. The van der Waals surface area contributed by atoms with Gasteiger partial charge in [0.05, 0.1) is 0 Å². The third kappa shape index (κ3) is 3.90. The average molecular weight is 431 g/mol. The highest BCUT2D eigenvalue weighted by molar-refractivity contribution is 5.49. The van der Waals surface area contributed by atoms with Crippen molar-refractivity contribution in [2.75, 3.05) is 0 Å². The van der Waals surface area contributed by atoms with Crippen molar-refractivity contribution < 1.29 is 0 Å². The van der Waals surface area contributed by atoms with Crippen LogP contribution in [0, 0.1) is 0 Å². The number of nitrogens with one attached hydrogen (secondary N) is 2. The molecule has 0 aliphatic heterocycles. The molecule has 6 rings (SSSR count). The summed E-state index contributed by atoms with van der Waals surface area (Å²) in [5.74, 6) is 0.971. The summed E-state index contributed by atoms with van der Waals surface area (Å²) < 4.78 is 0. The molecular formula is C31H30N2. The molecule has 2 nitrogen and oxygen atoms in total. The fraction of sp³-hybridized carbons (Fsp3) is 0.226. The predicted molar refractivity (Wildman–Crippen MR) is 135 cm³/mol. The molecule has 4 aromatic rings. The zero-order chi connectivity index (χ0) is 22.0. The number of hydrogen-bond donors (Lipinski definition) is 2. The molecule has 0 fully saturated rings. The van der Waals surface area contributed by atoms with Crippen LogP contribution in [0.25, 0.3) is 0 Å². The Balaban J connectivity index is 1.36. The normalized spacial score (nSPS) is 22.9. The van der Waals surface area contributed by atoms with E-state index in [1.165, 1.54) is 39.8 Å². The van der Waals surface area contributed by atoms with E-state index in [0.29, 0.717) is 23.9 Å². The van der Waals surface area contributed by atoms with Gasteiger partial charge in [-0.25, -0.2) is 0 Å². The molecule has 2 aliphatic carbocycles. The van der Waals surface area contributed by atoms with Gasteiger partial charge >= 0.3 is 0 Å². The van der Waals surface area contributed by atoms with Crippen LogP contribution < -0.4 is 10.6 Å². The molecule has 0 amide bonds. The number of benzene rings is 4. The van der Waals surface area contributed by atoms with Gasteiger partial charge in [-0.1, -0.05) is 109 Å². The summed E-state index contributed by atoms with van der Waals surface area (Å²) in [6.45, 7) is 1.78. The maximum Gasteiger partial charge on any atom is 0.0395 e. The quantitative estimate of drug-likeness (QED) is 0.359. The first-order chi connectivity index (χ1) is 16.4. The molecule has 0 heterocycles. The van der Waals surface area contributed by atoms with E-state index in [4.69, 9.17) is 0 Å². The van der Waals surface area contributed by atoms with Crippen LogP contribution in [0.2, 0.25) is 0 Å². The van der Waals surface area contributed by atoms with Crippen molar-refractivity contribution in [1.29, 1.82) is 0 Å². The molecule has 2 heteroatoms. The van der Waals surface area contributed by atoms with Gasteiger partial charge in [-0.05, 0) is 39.8 Å². The van der Waals surface area contributed by atoms with Gasteiger partial charge in [0, 0.05) is 37.0 Å². The molecule has 4 atom stereocenters. The molecular weight excluding hydrogens is 400 g/mol. The summed E-state index contributed by atoms with van der Waals surface area (Å²) >= 11 is 0. The minimum absolute atomic E-state index is 0.328. The summed E-state index contributed by atoms with van der Waals surface area (Å²) in [5, 5.41) is 7.89. The van der Waals surface area contributed by atoms with Crippen LogP contribution in [-0.2, 0) is 13.1 Å². The monoisotopic (exact) mass is 430 g/mol. The zero-order valence-electron chi connectivity index (χ0n) is 18.8. The van der Waals surface area contributed by atoms with Gasteiger partial charge in [0.15, 0.2) is 0 Å². The highest BCUT2D eigenvalue weighted by Crippen LogP contribution is 2.55. The Bertz CT molecular complexity index is 1120. The topological polar surface area (TPSA) is 24.1 Å². The first kappa shape index (κ1) is 20.4. The van der Waals surface area contributed by atoms with E-state index in [1.807, 2.05) is 0 Å². The van der Waals surface area contributed by atoms with Crippen molar-refractivity contribution in [2.45, 2.75) is 43.4 Å². The highest BCUT2D eigenvalue weighted by Gasteiger charge is 2.44. The lowest BCUT2D eigenvalue weighted by Gasteiger charge is -2.47. The SMILES string of the molecule is c1ccc(CN[C@H]2c3ccccc3[C@@H]3C[C@H]2c2ccccc2[C@@H]3NCc2ccccc2)cc1. The lowest BCUT2D eigenvalue weighted by atomic mass is 9.62. The number of rotatable bonds is 6. The van der Waals surface area contributed by atoms with Gasteiger partial charge in [-0.3, -0.25) is 0 Å². The maximum absolute atomic E-state index is 3.94. The van der Waals surface area contributed by atoms with Gasteiger partial charge in [-0.2, -0.15) is 0 Å². The lowest BCUT2D eigenvalue weighted by Crippen LogP contribution is -2.41. The summed E-state index contributed by atoms with van der Waals surface area (Å²) in [7, 11) is 0. The number of fused-ring (bicyclic) bond motifs is 6. The Labute approximate surface area is 196 Å². The summed E-state index contributed by atoms with van der Waals surface area (Å²) in [4.78, 5) is 0. The van der Waals surface area contributed by atoms with E-state index in [-0.39, 0.29) is 0 Å². The van der Waals surface area contributed by atoms with Crippen LogP contribution in [0.3, 0.4) is 0 Å². The Morgan fingerprint density at radius 3 is 1.24 bits per heavy atom. The molecule has 4 aromatic carbocycles. The second kappa shape index (κ2) is 8.97. The standard InChI is InChI=1S/C31H30N2/c1-3-11-22(12-4-1)20-32-30-26-17-9-7-15-24(26)29-19-28(30)25-16-8-10-18-27(25)31(29)33-21-23-13-5-2-6-14-23/h1-18,28-33H,19-21H2/t28-,29-,30-,31-/m0/s1. The molecule has 0 saturated heterocycles. The smallest absolute Gasteiger partial charge is 0.0395 e. The van der Waals surface area contributed by atoms with Crippen molar-refractivity contribution >= 4 is 0 Å². The van der Waals surface area contributed by atoms with Crippen LogP contribution in [0.1, 0.15) is 63.7 Å². The molecule has 0 aromatic heterocycles. The highest BCUT2D eigenvalue weighted by atomic mass is 15.0. The van der Waals surface area contributed by atoms with E-state index >= 15 is 0 Å². The third-order valence-corrected chi connectivity index (χ3v) is 7.51. The second-order valence-corrected chi connectivity index (χ2v) is 9.39. The van der Waals surface area contributed by atoms with Crippen LogP contribution in [-0.4, -0.2) is 0 Å². The van der Waals surface area contributed by atoms with Crippen molar-refractivity contribution in [2.24, 2.45) is 0 Å². The van der Waals surface area contributed by atoms with Crippen molar-refractivity contribution in [3.8, 4) is 0 Å². The first-order valence-electron chi connectivity index (χ1n) is 12.1. The third-order valence-electron chi connectivity index (χ3n) is 7.51. The van der Waals surface area contributed by atoms with E-state index in [0.717, 1.165) is 13.1 Å². The van der Waals surface area contributed by atoms with E-state index < -0.39 is 0 Å². The van der Waals surface area contributed by atoms with Gasteiger partial charge in [-0.15, -0.1) is 0 Å². The van der Waals surface area contributed by atoms with E-state index in [2.05, 4.69) is 120 Å². The molecule has 0 spiro atoms. The summed E-state index contributed by atoms with van der Waals surface area (Å²) in [5.41, 5.74) is 8.61. The van der Waals surface area contributed by atoms with Crippen LogP contribution in [0.5, 0.6) is 0 Å². The zero-order valence-corrected chi connectivity index (χ0v) is 18.8. The first-order valence-corrected chi connectivity index (χ1v) is 12.1. The minimum Gasteiger partial charge on any atom is -0.305 e. The molecule has 2 bridgehead atoms. The molecule has 164 valence electrons. The fourth-order valence-corrected chi connectivity index (χ4v) is 6.01. The molecule has 0 radical (unpaired) electrons. The molecule has 2 aliphatic rings. The lowest BCUT2D eigenvalue weighted by molar-refractivity contribution is 0.292. The Morgan fingerprint density at radius 1 is 0.455 bits per heavy atom. The molecule has 33 heavy (non-hydrogen) atoms. The average Bonchev–Trinajstić information content (AvgIpc) is 2.89. The molecule has 0 unspecified atom stereocenters. The Hall–Kier alpha value is -3.20. The van der Waals surface area contributed by atoms with Crippen LogP contribution in [0.4, 0.5) is 0 Å². The van der Waals surface area contributed by atoms with Crippen molar-refractivity contribution in [3.05, 3.63) is 143 Å². The van der Waals surface area contributed by atoms with Crippen molar-refractivity contribution in [3.63, 3.8) is 0 Å². The maximum atomic E-state index is 3.94. The van der Waals surface area contributed by atoms with Gasteiger partial charge in [0.25, 0.3) is 0 Å². The number of hydrogen-bond acceptors (Lipinski definition) is 2. The summed E-state index contributed by atoms with van der Waals surface area (Å²) in [6.07, 6.45) is 1.17. The largest absolute Gasteiger partial charge is 0.305 e. The van der Waals surface area contributed by atoms with Crippen molar-refractivity contribution in [1.82, 2.24) is 10.6 Å². The van der Waals surface area contributed by atoms with Crippen LogP contribution in [0.15, 0.2) is 109 Å². The van der Waals surface area contributed by atoms with Gasteiger partial charge in [0.2, 0.25) is 0 Å². The minimum atomic E-state index is 0.328. The van der Waals surface area contributed by atoms with Crippen LogP contribution >= 0.6 is 0 Å². The second-order valence-electron chi connectivity index (χ2n) is 9.39.